The van der Waals surface area contributed by atoms with Crippen molar-refractivity contribution in [3.8, 4) is 0 Å². The van der Waals surface area contributed by atoms with E-state index in [0.29, 0.717) is 11.0 Å². The van der Waals surface area contributed by atoms with Crippen LogP contribution in [0, 0.1) is 0 Å². The van der Waals surface area contributed by atoms with Crippen LogP contribution in [0.15, 0.2) is 24.3 Å². The average Bonchev–Trinajstić information content (AvgIpc) is 2.87. The molecule has 0 aromatic carbocycles. The lowest BCUT2D eigenvalue weighted by atomic mass is 10.0. The van der Waals surface area contributed by atoms with Gasteiger partial charge >= 0.3 is 19.8 Å². The van der Waals surface area contributed by atoms with Crippen LogP contribution in [-0.4, -0.2) is 74.9 Å². The van der Waals surface area contributed by atoms with Gasteiger partial charge in [0.15, 0.2) is 6.10 Å². The predicted molar refractivity (Wildman–Crippen MR) is 160 cm³/mol. The number of allylic oxidation sites excluding steroid dienone is 3. The molecule has 0 radical (unpaired) electrons. The Labute approximate surface area is 243 Å². The minimum atomic E-state index is -4.36. The topological polar surface area (TPSA) is 108 Å². The number of rotatable bonds is 26. The molecule has 0 aromatic heterocycles. The fourth-order valence-electron chi connectivity index (χ4n) is 3.75. The molecule has 0 aliphatic heterocycles. The quantitative estimate of drug-likeness (QED) is 0.0290. The minimum Gasteiger partial charge on any atom is -0.462 e. The van der Waals surface area contributed by atoms with Crippen LogP contribution in [0.5, 0.6) is 0 Å². The molecule has 234 valence electrons. The van der Waals surface area contributed by atoms with Crippen LogP contribution >= 0.6 is 7.82 Å². The van der Waals surface area contributed by atoms with E-state index in [1.807, 2.05) is 21.1 Å². The number of phosphoric acid groups is 1. The zero-order chi connectivity index (χ0) is 30.1. The molecule has 10 heteroatoms. The summed E-state index contributed by atoms with van der Waals surface area (Å²) in [6.07, 6.45) is 21.2. The number of likely N-dealkylation sites (N-methyl/N-ethyl adjacent to an activating group) is 1. The maximum Gasteiger partial charge on any atom is 0.472 e. The van der Waals surface area contributed by atoms with Crippen molar-refractivity contribution in [3.63, 3.8) is 0 Å². The highest BCUT2D eigenvalue weighted by atomic mass is 31.2. The van der Waals surface area contributed by atoms with Crippen LogP contribution < -0.4 is 0 Å². The second kappa shape index (κ2) is 24.1. The maximum atomic E-state index is 12.2. The van der Waals surface area contributed by atoms with Crippen molar-refractivity contribution in [2.45, 2.75) is 110 Å². The highest BCUT2D eigenvalue weighted by Crippen LogP contribution is 2.43. The second-order valence-electron chi connectivity index (χ2n) is 11.2. The Bertz CT molecular complexity index is 763. The average molecular weight is 591 g/mol. The largest absolute Gasteiger partial charge is 0.472 e. The van der Waals surface area contributed by atoms with Crippen molar-refractivity contribution in [3.05, 3.63) is 24.3 Å². The van der Waals surface area contributed by atoms with Crippen LogP contribution in [0.4, 0.5) is 0 Å². The molecular weight excluding hydrogens is 533 g/mol. The van der Waals surface area contributed by atoms with E-state index in [1.54, 1.807) is 19.1 Å². The van der Waals surface area contributed by atoms with Gasteiger partial charge in [-0.05, 0) is 13.3 Å². The lowest BCUT2D eigenvalue weighted by Crippen LogP contribution is -2.37. The summed E-state index contributed by atoms with van der Waals surface area (Å²) in [7, 11) is 1.41. The Morgan fingerprint density at radius 2 is 1.38 bits per heavy atom. The highest BCUT2D eigenvalue weighted by molar-refractivity contribution is 7.47. The Balaban J connectivity index is 4.32. The number of unbranched alkanes of at least 4 members (excludes halogenated alkanes) is 12. The third-order valence-electron chi connectivity index (χ3n) is 6.17. The molecule has 40 heavy (non-hydrogen) atoms. The van der Waals surface area contributed by atoms with Gasteiger partial charge in [-0.2, -0.15) is 0 Å². The number of ether oxygens (including phenoxy) is 2. The molecule has 0 aliphatic carbocycles. The molecule has 0 fully saturated rings. The molecule has 9 nitrogen and oxygen atoms in total. The molecule has 0 spiro atoms. The lowest BCUT2D eigenvalue weighted by Gasteiger charge is -2.24. The van der Waals surface area contributed by atoms with Gasteiger partial charge in [0.05, 0.1) is 27.7 Å². The summed E-state index contributed by atoms with van der Waals surface area (Å²) in [6, 6.07) is 0. The van der Waals surface area contributed by atoms with E-state index in [4.69, 9.17) is 18.5 Å². The Hall–Kier alpha value is -1.51. The number of hydrogen-bond acceptors (Lipinski definition) is 7. The first-order valence-corrected chi connectivity index (χ1v) is 16.6. The monoisotopic (exact) mass is 590 g/mol. The molecule has 0 bridgehead atoms. The van der Waals surface area contributed by atoms with Crippen LogP contribution in [0.3, 0.4) is 0 Å². The number of hydrogen-bond donors (Lipinski definition) is 1. The molecule has 0 aromatic rings. The van der Waals surface area contributed by atoms with E-state index >= 15 is 0 Å². The molecule has 0 rings (SSSR count). The van der Waals surface area contributed by atoms with Crippen LogP contribution in [0.2, 0.25) is 0 Å². The van der Waals surface area contributed by atoms with Gasteiger partial charge < -0.3 is 18.9 Å². The summed E-state index contributed by atoms with van der Waals surface area (Å²) in [5, 5.41) is 0. The molecule has 1 unspecified atom stereocenters. The zero-order valence-electron chi connectivity index (χ0n) is 25.8. The highest BCUT2D eigenvalue weighted by Gasteiger charge is 2.26. The molecule has 0 aliphatic rings. The summed E-state index contributed by atoms with van der Waals surface area (Å²) in [5.41, 5.74) is 0. The van der Waals surface area contributed by atoms with Crippen molar-refractivity contribution in [1.82, 2.24) is 0 Å². The molecule has 2 atom stereocenters. The summed E-state index contributed by atoms with van der Waals surface area (Å²) >= 11 is 0. The normalized spacial score (nSPS) is 14.4. The first-order valence-electron chi connectivity index (χ1n) is 15.1. The first-order chi connectivity index (χ1) is 19.0. The van der Waals surface area contributed by atoms with Crippen molar-refractivity contribution >= 4 is 19.8 Å². The lowest BCUT2D eigenvalue weighted by molar-refractivity contribution is -0.870. The third kappa shape index (κ3) is 26.7. The van der Waals surface area contributed by atoms with Crippen molar-refractivity contribution in [2.24, 2.45) is 0 Å². The van der Waals surface area contributed by atoms with Gasteiger partial charge in [-0.25, -0.2) is 9.36 Å². The molecular formula is C30H57NO8P+. The molecule has 0 amide bonds. The van der Waals surface area contributed by atoms with Gasteiger partial charge in [0, 0.05) is 12.5 Å². The van der Waals surface area contributed by atoms with E-state index in [-0.39, 0.29) is 19.6 Å². The third-order valence-corrected chi connectivity index (χ3v) is 7.16. The number of nitrogens with zero attached hydrogens (tertiary/aromatic N) is 1. The van der Waals surface area contributed by atoms with E-state index in [2.05, 4.69) is 6.92 Å². The number of phosphoric ester groups is 1. The van der Waals surface area contributed by atoms with Crippen LogP contribution in [0.25, 0.3) is 0 Å². The zero-order valence-corrected chi connectivity index (χ0v) is 26.7. The number of esters is 2. The number of carbonyl (C=O) groups excluding carboxylic acids is 2. The summed E-state index contributed by atoms with van der Waals surface area (Å²) in [5.74, 6) is -1.09. The van der Waals surface area contributed by atoms with Gasteiger partial charge in [0.1, 0.15) is 19.8 Å². The maximum absolute atomic E-state index is 12.2. The van der Waals surface area contributed by atoms with Crippen LogP contribution in [-0.2, 0) is 32.7 Å². The van der Waals surface area contributed by atoms with Gasteiger partial charge in [0.2, 0.25) is 0 Å². The predicted octanol–water partition coefficient (Wildman–Crippen LogP) is 6.89. The van der Waals surface area contributed by atoms with E-state index in [0.717, 1.165) is 19.3 Å². The Kier molecular flexibility index (Phi) is 23.2. The van der Waals surface area contributed by atoms with Crippen molar-refractivity contribution in [1.29, 1.82) is 0 Å². The van der Waals surface area contributed by atoms with Gasteiger partial charge in [-0.1, -0.05) is 102 Å². The SMILES string of the molecule is CC=CC=CC(=O)O[C@H](COC(=O)CCCCCCCCCCCCCCC)COP(=O)(O)OCC[N+](C)(C)C. The van der Waals surface area contributed by atoms with E-state index < -0.39 is 32.5 Å². The number of quaternary nitrogens is 1. The van der Waals surface area contributed by atoms with Gasteiger partial charge in [0.25, 0.3) is 0 Å². The molecule has 1 N–H and O–H groups in total. The summed E-state index contributed by atoms with van der Waals surface area (Å²) < 4.78 is 33.3. The van der Waals surface area contributed by atoms with Crippen molar-refractivity contribution < 1.29 is 42.1 Å². The smallest absolute Gasteiger partial charge is 0.462 e. The first kappa shape index (κ1) is 38.5. The Morgan fingerprint density at radius 3 is 1.90 bits per heavy atom. The number of carbonyl (C=O) groups is 2. The van der Waals surface area contributed by atoms with E-state index in [1.165, 1.54) is 76.4 Å². The van der Waals surface area contributed by atoms with Crippen molar-refractivity contribution in [2.75, 3.05) is 47.5 Å². The van der Waals surface area contributed by atoms with Gasteiger partial charge in [-0.3, -0.25) is 13.8 Å². The molecule has 0 saturated heterocycles. The van der Waals surface area contributed by atoms with Gasteiger partial charge in [-0.15, -0.1) is 0 Å². The van der Waals surface area contributed by atoms with E-state index in [9.17, 15) is 19.0 Å². The van der Waals surface area contributed by atoms with Crippen LogP contribution in [0.1, 0.15) is 104 Å². The molecule has 0 saturated carbocycles. The molecule has 0 heterocycles. The second-order valence-corrected chi connectivity index (χ2v) is 12.7. The minimum absolute atomic E-state index is 0.0158. The summed E-state index contributed by atoms with van der Waals surface area (Å²) in [6.45, 7) is 3.83. The fourth-order valence-corrected chi connectivity index (χ4v) is 4.50. The fraction of sp³-hybridized carbons (Fsp3) is 0.800. The summed E-state index contributed by atoms with van der Waals surface area (Å²) in [4.78, 5) is 34.3. The Morgan fingerprint density at radius 1 is 0.825 bits per heavy atom. The standard InChI is InChI=1S/C30H56NO8P/c1-6-8-10-11-12-13-14-15-16-17-18-19-21-22-29(32)36-26-28(39-30(33)23-20-9-7-2)27-38-40(34,35)37-25-24-31(3,4)5/h7,9,20,23,28H,6,8,10-19,21-22,24-27H2,1-5H3/p+1/t28-/m1/s1.